The minimum atomic E-state index is -3.73. The minimum Gasteiger partial charge on any atom is -0.336 e. The highest BCUT2D eigenvalue weighted by atomic mass is 79.9. The molecular weight excluding hydrogens is 454 g/mol. The second-order valence-corrected chi connectivity index (χ2v) is 9.19. The molecule has 0 radical (unpaired) electrons. The summed E-state index contributed by atoms with van der Waals surface area (Å²) < 4.78 is 27.7. The first-order chi connectivity index (χ1) is 12.8. The number of benzene rings is 2. The summed E-state index contributed by atoms with van der Waals surface area (Å²) in [5.41, 5.74) is 0.954. The Kier molecular flexibility index (Phi) is 5.86. The number of hydrogen-bond acceptors (Lipinski definition) is 4. The number of rotatable bonds is 3. The van der Waals surface area contributed by atoms with Crippen LogP contribution >= 0.6 is 27.5 Å². The van der Waals surface area contributed by atoms with Crippen LogP contribution in [-0.4, -0.2) is 49.7 Å². The largest absolute Gasteiger partial charge is 0.336 e. The molecule has 0 saturated carbocycles. The van der Waals surface area contributed by atoms with E-state index in [4.69, 9.17) is 16.9 Å². The molecule has 0 atom stereocenters. The molecule has 1 aliphatic heterocycles. The van der Waals surface area contributed by atoms with E-state index in [-0.39, 0.29) is 42.0 Å². The van der Waals surface area contributed by atoms with Crippen molar-refractivity contribution >= 4 is 43.5 Å². The van der Waals surface area contributed by atoms with Gasteiger partial charge in [0.15, 0.2) is 0 Å². The van der Waals surface area contributed by atoms with Crippen LogP contribution < -0.4 is 0 Å². The third-order valence-electron chi connectivity index (χ3n) is 4.30. The van der Waals surface area contributed by atoms with Crippen molar-refractivity contribution in [3.63, 3.8) is 0 Å². The summed E-state index contributed by atoms with van der Waals surface area (Å²) in [6.07, 6.45) is 0. The van der Waals surface area contributed by atoms with Gasteiger partial charge in [0, 0.05) is 36.2 Å². The van der Waals surface area contributed by atoms with E-state index in [1.165, 1.54) is 10.4 Å². The van der Waals surface area contributed by atoms with Crippen LogP contribution in [0.2, 0.25) is 5.02 Å². The van der Waals surface area contributed by atoms with E-state index in [2.05, 4.69) is 15.9 Å². The van der Waals surface area contributed by atoms with Gasteiger partial charge in [0.2, 0.25) is 10.0 Å². The molecular formula is C18H15BrClN3O3S. The Hall–Kier alpha value is -1.92. The van der Waals surface area contributed by atoms with Gasteiger partial charge in [-0.05, 0) is 42.5 Å². The molecule has 0 aromatic heterocycles. The lowest BCUT2D eigenvalue weighted by atomic mass is 10.1. The van der Waals surface area contributed by atoms with E-state index >= 15 is 0 Å². The monoisotopic (exact) mass is 467 g/mol. The zero-order valence-corrected chi connectivity index (χ0v) is 17.3. The highest BCUT2D eigenvalue weighted by Crippen LogP contribution is 2.28. The molecule has 0 aliphatic carbocycles. The number of piperazine rings is 1. The standard InChI is InChI=1S/C18H15BrClN3O3S/c19-15-5-6-17(16(20)11-15)27(25,26)23-9-7-22(8-10-23)18(24)14-3-1-13(12-21)2-4-14/h1-6,11H,7-10H2. The van der Waals surface area contributed by atoms with Gasteiger partial charge in [-0.1, -0.05) is 27.5 Å². The molecule has 3 rings (SSSR count). The Labute approximate surface area is 171 Å². The van der Waals surface area contributed by atoms with Gasteiger partial charge in [-0.25, -0.2) is 8.42 Å². The smallest absolute Gasteiger partial charge is 0.253 e. The van der Waals surface area contributed by atoms with Crippen LogP contribution in [0.25, 0.3) is 0 Å². The highest BCUT2D eigenvalue weighted by Gasteiger charge is 2.31. The van der Waals surface area contributed by atoms with Crippen LogP contribution in [0.5, 0.6) is 0 Å². The van der Waals surface area contributed by atoms with Crippen molar-refractivity contribution in [1.82, 2.24) is 9.21 Å². The van der Waals surface area contributed by atoms with Gasteiger partial charge in [-0.15, -0.1) is 0 Å². The van der Waals surface area contributed by atoms with E-state index in [9.17, 15) is 13.2 Å². The predicted octanol–water partition coefficient (Wildman–Crippen LogP) is 3.12. The Balaban J connectivity index is 1.70. The van der Waals surface area contributed by atoms with Crippen molar-refractivity contribution in [3.8, 4) is 6.07 Å². The molecule has 140 valence electrons. The number of halogens is 2. The van der Waals surface area contributed by atoms with Gasteiger partial charge in [-0.3, -0.25) is 4.79 Å². The lowest BCUT2D eigenvalue weighted by molar-refractivity contribution is 0.0698. The molecule has 2 aromatic carbocycles. The molecule has 1 amide bonds. The quantitative estimate of drug-likeness (QED) is 0.693. The van der Waals surface area contributed by atoms with Crippen molar-refractivity contribution in [1.29, 1.82) is 5.26 Å². The van der Waals surface area contributed by atoms with Crippen molar-refractivity contribution < 1.29 is 13.2 Å². The van der Waals surface area contributed by atoms with Gasteiger partial charge in [0.25, 0.3) is 5.91 Å². The normalized spacial score (nSPS) is 15.4. The Morgan fingerprint density at radius 1 is 1.07 bits per heavy atom. The van der Waals surface area contributed by atoms with Crippen molar-refractivity contribution in [3.05, 3.63) is 63.1 Å². The highest BCUT2D eigenvalue weighted by molar-refractivity contribution is 9.10. The fourth-order valence-electron chi connectivity index (χ4n) is 2.82. The predicted molar refractivity (Wildman–Crippen MR) is 105 cm³/mol. The molecule has 2 aromatic rings. The molecule has 27 heavy (non-hydrogen) atoms. The maximum absolute atomic E-state index is 12.8. The van der Waals surface area contributed by atoms with Gasteiger partial charge < -0.3 is 4.90 Å². The zero-order valence-electron chi connectivity index (χ0n) is 14.1. The molecule has 1 aliphatic rings. The van der Waals surface area contributed by atoms with Crippen LogP contribution in [0, 0.1) is 11.3 Å². The summed E-state index contributed by atoms with van der Waals surface area (Å²) in [5.74, 6) is -0.182. The van der Waals surface area contributed by atoms with Crippen LogP contribution in [0.3, 0.4) is 0 Å². The second kappa shape index (κ2) is 7.98. The molecule has 0 N–H and O–H groups in total. The summed E-state index contributed by atoms with van der Waals surface area (Å²) in [6, 6.07) is 13.0. The summed E-state index contributed by atoms with van der Waals surface area (Å²) in [7, 11) is -3.73. The summed E-state index contributed by atoms with van der Waals surface area (Å²) in [6.45, 7) is 0.950. The average Bonchev–Trinajstić information content (AvgIpc) is 2.67. The summed E-state index contributed by atoms with van der Waals surface area (Å²) in [4.78, 5) is 14.2. The number of amides is 1. The van der Waals surface area contributed by atoms with Crippen LogP contribution in [0.15, 0.2) is 51.8 Å². The second-order valence-electron chi connectivity index (χ2n) is 5.96. The van der Waals surface area contributed by atoms with Gasteiger partial charge in [0.1, 0.15) is 4.90 Å². The minimum absolute atomic E-state index is 0.0548. The van der Waals surface area contributed by atoms with E-state index < -0.39 is 10.0 Å². The number of sulfonamides is 1. The number of nitrogens with zero attached hydrogens (tertiary/aromatic N) is 3. The van der Waals surface area contributed by atoms with Crippen LogP contribution in [0.4, 0.5) is 0 Å². The molecule has 0 unspecified atom stereocenters. The molecule has 6 nitrogen and oxygen atoms in total. The number of carbonyl (C=O) groups is 1. The molecule has 0 bridgehead atoms. The Morgan fingerprint density at radius 3 is 2.26 bits per heavy atom. The SMILES string of the molecule is N#Cc1ccc(C(=O)N2CCN(S(=O)(=O)c3ccc(Br)cc3Cl)CC2)cc1. The fourth-order valence-corrected chi connectivity index (χ4v) is 5.26. The maximum Gasteiger partial charge on any atom is 0.253 e. The van der Waals surface area contributed by atoms with Gasteiger partial charge in [-0.2, -0.15) is 9.57 Å². The lowest BCUT2D eigenvalue weighted by Gasteiger charge is -2.34. The lowest BCUT2D eigenvalue weighted by Crippen LogP contribution is -2.50. The topological polar surface area (TPSA) is 81.5 Å². The van der Waals surface area contributed by atoms with Crippen LogP contribution in [-0.2, 0) is 10.0 Å². The number of nitriles is 1. The van der Waals surface area contributed by atoms with E-state index in [0.29, 0.717) is 15.6 Å². The third kappa shape index (κ3) is 4.17. The fraction of sp³-hybridized carbons (Fsp3) is 0.222. The van der Waals surface area contributed by atoms with Crippen molar-refractivity contribution in [2.45, 2.75) is 4.90 Å². The first-order valence-corrected chi connectivity index (χ1v) is 10.7. The molecule has 1 heterocycles. The van der Waals surface area contributed by atoms with Gasteiger partial charge in [0.05, 0.1) is 16.7 Å². The van der Waals surface area contributed by atoms with Crippen molar-refractivity contribution in [2.24, 2.45) is 0 Å². The molecule has 9 heteroatoms. The first-order valence-electron chi connectivity index (χ1n) is 8.07. The van der Waals surface area contributed by atoms with Gasteiger partial charge >= 0.3 is 0 Å². The van der Waals surface area contributed by atoms with E-state index in [0.717, 1.165) is 0 Å². The number of carbonyl (C=O) groups excluding carboxylic acids is 1. The van der Waals surface area contributed by atoms with E-state index in [1.807, 2.05) is 6.07 Å². The van der Waals surface area contributed by atoms with Crippen molar-refractivity contribution in [2.75, 3.05) is 26.2 Å². The van der Waals surface area contributed by atoms with E-state index in [1.54, 1.807) is 41.3 Å². The maximum atomic E-state index is 12.8. The number of hydrogen-bond donors (Lipinski definition) is 0. The molecule has 1 fully saturated rings. The molecule has 0 spiro atoms. The Morgan fingerprint density at radius 2 is 1.70 bits per heavy atom. The first kappa shape index (κ1) is 19.8. The average molecular weight is 469 g/mol. The summed E-state index contributed by atoms with van der Waals surface area (Å²) >= 11 is 9.35. The van der Waals surface area contributed by atoms with Crippen LogP contribution in [0.1, 0.15) is 15.9 Å². The third-order valence-corrected chi connectivity index (χ3v) is 7.17. The Bertz CT molecular complexity index is 1010. The zero-order chi connectivity index (χ0) is 19.6. The molecule has 1 saturated heterocycles. The summed E-state index contributed by atoms with van der Waals surface area (Å²) in [5, 5.41) is 8.98.